The highest BCUT2D eigenvalue weighted by Gasteiger charge is 2.17. The van der Waals surface area contributed by atoms with Crippen molar-refractivity contribution in [2.75, 3.05) is 6.54 Å². The monoisotopic (exact) mass is 259 g/mol. The lowest BCUT2D eigenvalue weighted by Crippen LogP contribution is -2.37. The molecule has 0 saturated carbocycles. The quantitative estimate of drug-likeness (QED) is 0.776. The van der Waals surface area contributed by atoms with Crippen molar-refractivity contribution in [2.24, 2.45) is 5.92 Å². The predicted molar refractivity (Wildman–Crippen MR) is 83.7 cm³/mol. The zero-order valence-electron chi connectivity index (χ0n) is 12.8. The summed E-state index contributed by atoms with van der Waals surface area (Å²) in [5, 5.41) is 3.74. The van der Waals surface area contributed by atoms with Gasteiger partial charge in [0.05, 0.1) is 0 Å². The fraction of sp³-hybridized carbons (Fsp3) is 0.667. The third kappa shape index (κ3) is 3.82. The summed E-state index contributed by atoms with van der Waals surface area (Å²) >= 11 is 0. The number of hydrogen-bond acceptors (Lipinski definition) is 1. The average Bonchev–Trinajstić information content (AvgIpc) is 2.90. The number of rotatable bonds is 7. The van der Waals surface area contributed by atoms with Gasteiger partial charge in [-0.2, -0.15) is 0 Å². The van der Waals surface area contributed by atoms with E-state index in [0.717, 1.165) is 12.5 Å². The van der Waals surface area contributed by atoms with Crippen molar-refractivity contribution in [1.82, 2.24) is 5.32 Å². The van der Waals surface area contributed by atoms with Crippen LogP contribution in [0, 0.1) is 5.92 Å². The minimum absolute atomic E-state index is 0.629. The van der Waals surface area contributed by atoms with Crippen LogP contribution >= 0.6 is 0 Å². The van der Waals surface area contributed by atoms with Crippen LogP contribution in [0.4, 0.5) is 0 Å². The maximum absolute atomic E-state index is 3.74. The fourth-order valence-electron chi connectivity index (χ4n) is 3.09. The van der Waals surface area contributed by atoms with Gasteiger partial charge in [-0.05, 0) is 61.3 Å². The zero-order valence-corrected chi connectivity index (χ0v) is 12.8. The van der Waals surface area contributed by atoms with Crippen molar-refractivity contribution in [3.63, 3.8) is 0 Å². The molecule has 1 heteroatoms. The summed E-state index contributed by atoms with van der Waals surface area (Å²) in [6.45, 7) is 8.06. The standard InChI is InChI=1S/C18H29N/c1-4-11-19-18(14(3)5-2)13-15-9-10-16-7-6-8-17(16)12-15/h9-10,12,14,18-19H,4-8,11,13H2,1-3H3. The zero-order chi connectivity index (χ0) is 13.7. The molecule has 0 aliphatic heterocycles. The molecule has 1 aliphatic carbocycles. The van der Waals surface area contributed by atoms with E-state index in [0.29, 0.717) is 6.04 Å². The molecule has 1 N–H and O–H groups in total. The van der Waals surface area contributed by atoms with Gasteiger partial charge in [0.25, 0.3) is 0 Å². The highest BCUT2D eigenvalue weighted by Crippen LogP contribution is 2.24. The lowest BCUT2D eigenvalue weighted by molar-refractivity contribution is 0.365. The van der Waals surface area contributed by atoms with E-state index >= 15 is 0 Å². The van der Waals surface area contributed by atoms with E-state index in [1.54, 1.807) is 11.1 Å². The highest BCUT2D eigenvalue weighted by molar-refractivity contribution is 5.35. The number of aryl methyl sites for hydroxylation is 2. The third-order valence-electron chi connectivity index (χ3n) is 4.61. The average molecular weight is 259 g/mol. The fourth-order valence-corrected chi connectivity index (χ4v) is 3.09. The Morgan fingerprint density at radius 3 is 2.68 bits per heavy atom. The summed E-state index contributed by atoms with van der Waals surface area (Å²) in [7, 11) is 0. The van der Waals surface area contributed by atoms with Gasteiger partial charge in [0, 0.05) is 6.04 Å². The van der Waals surface area contributed by atoms with Gasteiger partial charge in [0.2, 0.25) is 0 Å². The molecule has 2 unspecified atom stereocenters. The Kier molecular flexibility index (Phi) is 5.45. The number of hydrogen-bond donors (Lipinski definition) is 1. The van der Waals surface area contributed by atoms with Gasteiger partial charge >= 0.3 is 0 Å². The molecule has 1 aromatic rings. The largest absolute Gasteiger partial charge is 0.313 e. The summed E-state index contributed by atoms with van der Waals surface area (Å²) < 4.78 is 0. The Hall–Kier alpha value is -0.820. The molecule has 2 rings (SSSR count). The number of benzene rings is 1. The number of nitrogens with one attached hydrogen (secondary N) is 1. The van der Waals surface area contributed by atoms with Crippen LogP contribution in [0.5, 0.6) is 0 Å². The minimum atomic E-state index is 0.629. The molecule has 2 atom stereocenters. The molecule has 1 aromatic carbocycles. The summed E-state index contributed by atoms with van der Waals surface area (Å²) in [5.74, 6) is 0.750. The van der Waals surface area contributed by atoms with Crippen LogP contribution in [0.1, 0.15) is 56.7 Å². The lowest BCUT2D eigenvalue weighted by Gasteiger charge is -2.24. The van der Waals surface area contributed by atoms with Crippen molar-refractivity contribution < 1.29 is 0 Å². The maximum Gasteiger partial charge on any atom is 0.0133 e. The summed E-state index contributed by atoms with van der Waals surface area (Å²) in [6.07, 6.45) is 7.59. The van der Waals surface area contributed by atoms with Crippen LogP contribution < -0.4 is 5.32 Å². The van der Waals surface area contributed by atoms with Gasteiger partial charge in [0.15, 0.2) is 0 Å². The van der Waals surface area contributed by atoms with E-state index in [1.807, 2.05) is 0 Å². The molecule has 0 heterocycles. The van der Waals surface area contributed by atoms with Crippen LogP contribution in [0.2, 0.25) is 0 Å². The third-order valence-corrected chi connectivity index (χ3v) is 4.61. The van der Waals surface area contributed by atoms with Gasteiger partial charge < -0.3 is 5.32 Å². The normalized spacial score (nSPS) is 17.2. The van der Waals surface area contributed by atoms with E-state index in [4.69, 9.17) is 0 Å². The van der Waals surface area contributed by atoms with Gasteiger partial charge in [0.1, 0.15) is 0 Å². The topological polar surface area (TPSA) is 12.0 Å². The second-order valence-electron chi connectivity index (χ2n) is 6.11. The van der Waals surface area contributed by atoms with Crippen LogP contribution in [0.3, 0.4) is 0 Å². The van der Waals surface area contributed by atoms with E-state index in [1.165, 1.54) is 44.1 Å². The van der Waals surface area contributed by atoms with Crippen molar-refractivity contribution in [2.45, 2.75) is 65.3 Å². The smallest absolute Gasteiger partial charge is 0.0133 e. The molecule has 0 spiro atoms. The lowest BCUT2D eigenvalue weighted by atomic mass is 9.91. The predicted octanol–water partition coefficient (Wildman–Crippen LogP) is 4.13. The first kappa shape index (κ1) is 14.6. The van der Waals surface area contributed by atoms with Crippen molar-refractivity contribution >= 4 is 0 Å². The van der Waals surface area contributed by atoms with E-state index in [-0.39, 0.29) is 0 Å². The molecule has 0 saturated heterocycles. The Balaban J connectivity index is 2.03. The molecule has 1 aliphatic rings. The summed E-state index contributed by atoms with van der Waals surface area (Å²) in [6, 6.07) is 7.81. The van der Waals surface area contributed by atoms with Gasteiger partial charge in [-0.15, -0.1) is 0 Å². The van der Waals surface area contributed by atoms with E-state index < -0.39 is 0 Å². The molecule has 106 valence electrons. The maximum atomic E-state index is 3.74. The molecule has 0 amide bonds. The van der Waals surface area contributed by atoms with Crippen molar-refractivity contribution in [3.05, 3.63) is 34.9 Å². The Morgan fingerprint density at radius 1 is 1.16 bits per heavy atom. The second kappa shape index (κ2) is 7.09. The molecular formula is C18H29N. The van der Waals surface area contributed by atoms with Crippen molar-refractivity contribution in [1.29, 1.82) is 0 Å². The molecule has 0 bridgehead atoms. The Labute approximate surface area is 118 Å². The molecule has 0 fully saturated rings. The van der Waals surface area contributed by atoms with E-state index in [2.05, 4.69) is 44.3 Å². The SMILES string of the molecule is CCCNC(Cc1ccc2c(c1)CCC2)C(C)CC. The summed E-state index contributed by atoms with van der Waals surface area (Å²) in [5.41, 5.74) is 4.72. The molecule has 0 aromatic heterocycles. The van der Waals surface area contributed by atoms with Gasteiger partial charge in [-0.1, -0.05) is 45.4 Å². The summed E-state index contributed by atoms with van der Waals surface area (Å²) in [4.78, 5) is 0. The number of fused-ring (bicyclic) bond motifs is 1. The van der Waals surface area contributed by atoms with Crippen molar-refractivity contribution in [3.8, 4) is 0 Å². The Bertz CT molecular complexity index is 397. The molecule has 19 heavy (non-hydrogen) atoms. The van der Waals surface area contributed by atoms with E-state index in [9.17, 15) is 0 Å². The van der Waals surface area contributed by atoms with Gasteiger partial charge in [-0.25, -0.2) is 0 Å². The molecule has 0 radical (unpaired) electrons. The second-order valence-corrected chi connectivity index (χ2v) is 6.11. The van der Waals surface area contributed by atoms with Crippen LogP contribution in [0.25, 0.3) is 0 Å². The first-order valence-electron chi connectivity index (χ1n) is 8.08. The minimum Gasteiger partial charge on any atom is -0.313 e. The van der Waals surface area contributed by atoms with Crippen LogP contribution in [-0.2, 0) is 19.3 Å². The molecule has 1 nitrogen and oxygen atoms in total. The van der Waals surface area contributed by atoms with Gasteiger partial charge in [-0.3, -0.25) is 0 Å². The Morgan fingerprint density at radius 2 is 1.95 bits per heavy atom. The van der Waals surface area contributed by atoms with Crippen LogP contribution in [-0.4, -0.2) is 12.6 Å². The first-order chi connectivity index (χ1) is 9.24. The molecular weight excluding hydrogens is 230 g/mol. The van der Waals surface area contributed by atoms with Crippen LogP contribution in [0.15, 0.2) is 18.2 Å². The highest BCUT2D eigenvalue weighted by atomic mass is 14.9. The first-order valence-corrected chi connectivity index (χ1v) is 8.08.